The molecule has 4 heterocycles. The van der Waals surface area contributed by atoms with E-state index < -0.39 is 0 Å². The first-order chi connectivity index (χ1) is 17.8. The molecule has 0 bridgehead atoms. The van der Waals surface area contributed by atoms with Crippen molar-refractivity contribution in [1.82, 2.24) is 25.5 Å². The SMILES string of the molecule is c1ccc(-c2ccc(CNC3COC4C3OCC4n3nnnc3-c3ccc4c(c3)OCO4)cc2)cc1. The summed E-state index contributed by atoms with van der Waals surface area (Å²) in [7, 11) is 0. The van der Waals surface area contributed by atoms with Gasteiger partial charge in [0.1, 0.15) is 18.2 Å². The van der Waals surface area contributed by atoms with Gasteiger partial charge in [0.2, 0.25) is 6.79 Å². The van der Waals surface area contributed by atoms with Gasteiger partial charge in [0, 0.05) is 12.1 Å². The van der Waals surface area contributed by atoms with E-state index in [1.165, 1.54) is 16.7 Å². The lowest BCUT2D eigenvalue weighted by Crippen LogP contribution is -2.40. The van der Waals surface area contributed by atoms with Crippen molar-refractivity contribution in [2.75, 3.05) is 20.0 Å². The number of benzene rings is 3. The molecule has 3 aromatic carbocycles. The molecule has 3 aliphatic rings. The highest BCUT2D eigenvalue weighted by Gasteiger charge is 2.49. The summed E-state index contributed by atoms with van der Waals surface area (Å²) in [6.45, 7) is 2.04. The fraction of sp³-hybridized carbons (Fsp3) is 0.296. The molecule has 0 saturated carbocycles. The number of ether oxygens (including phenoxy) is 4. The number of rotatable bonds is 6. The minimum Gasteiger partial charge on any atom is -0.454 e. The second-order valence-corrected chi connectivity index (χ2v) is 9.23. The largest absolute Gasteiger partial charge is 0.454 e. The van der Waals surface area contributed by atoms with E-state index in [4.69, 9.17) is 18.9 Å². The molecule has 182 valence electrons. The van der Waals surface area contributed by atoms with E-state index in [0.29, 0.717) is 24.8 Å². The summed E-state index contributed by atoms with van der Waals surface area (Å²) in [5, 5.41) is 16.1. The van der Waals surface area contributed by atoms with Gasteiger partial charge in [-0.05, 0) is 45.3 Å². The lowest BCUT2D eigenvalue weighted by atomic mass is 10.0. The van der Waals surface area contributed by atoms with Crippen LogP contribution in [0.15, 0.2) is 72.8 Å². The molecular formula is C27H25N5O4. The molecule has 1 aromatic heterocycles. The number of hydrogen-bond donors (Lipinski definition) is 1. The Labute approximate surface area is 207 Å². The second-order valence-electron chi connectivity index (χ2n) is 9.23. The summed E-state index contributed by atoms with van der Waals surface area (Å²) in [4.78, 5) is 0. The number of hydrogen-bond acceptors (Lipinski definition) is 8. The van der Waals surface area contributed by atoms with E-state index in [1.54, 1.807) is 0 Å². The van der Waals surface area contributed by atoms with E-state index >= 15 is 0 Å². The van der Waals surface area contributed by atoms with Crippen LogP contribution in [-0.2, 0) is 16.0 Å². The van der Waals surface area contributed by atoms with Gasteiger partial charge in [0.05, 0.1) is 19.3 Å². The fourth-order valence-electron chi connectivity index (χ4n) is 5.20. The molecule has 0 amide bonds. The number of tetrazole rings is 1. The van der Waals surface area contributed by atoms with Crippen molar-refractivity contribution in [3.63, 3.8) is 0 Å². The van der Waals surface area contributed by atoms with Gasteiger partial charge in [-0.25, -0.2) is 4.68 Å². The highest BCUT2D eigenvalue weighted by atomic mass is 16.7. The van der Waals surface area contributed by atoms with Crippen LogP contribution >= 0.6 is 0 Å². The molecule has 2 fully saturated rings. The molecule has 0 aliphatic carbocycles. The molecule has 9 heteroatoms. The molecule has 0 spiro atoms. The zero-order valence-corrected chi connectivity index (χ0v) is 19.5. The van der Waals surface area contributed by atoms with Crippen LogP contribution in [0.1, 0.15) is 11.6 Å². The second kappa shape index (κ2) is 9.02. The smallest absolute Gasteiger partial charge is 0.231 e. The third-order valence-electron chi connectivity index (χ3n) is 7.09. The normalized spacial score (nSPS) is 24.2. The van der Waals surface area contributed by atoms with Crippen LogP contribution in [0, 0.1) is 0 Å². The predicted octanol–water partition coefficient (Wildman–Crippen LogP) is 3.23. The summed E-state index contributed by atoms with van der Waals surface area (Å²) in [5.41, 5.74) is 4.51. The van der Waals surface area contributed by atoms with Gasteiger partial charge in [-0.2, -0.15) is 0 Å². The van der Waals surface area contributed by atoms with E-state index in [0.717, 1.165) is 17.9 Å². The van der Waals surface area contributed by atoms with Crippen LogP contribution in [0.5, 0.6) is 11.5 Å². The Hall–Kier alpha value is -3.79. The molecule has 36 heavy (non-hydrogen) atoms. The van der Waals surface area contributed by atoms with E-state index in [2.05, 4.69) is 69.4 Å². The van der Waals surface area contributed by atoms with Crippen molar-refractivity contribution < 1.29 is 18.9 Å². The number of fused-ring (bicyclic) bond motifs is 2. The standard InChI is InChI=1S/C27H25N5O4/c1-2-4-18(5-3-1)19-8-6-17(7-9-19)13-28-21-14-33-26-22(15-34-25(21)26)32-27(29-30-31-32)20-10-11-23-24(12-20)36-16-35-23/h1-12,21-22,25-26,28H,13-16H2. The van der Waals surface area contributed by atoms with Gasteiger partial charge in [0.25, 0.3) is 0 Å². The Bertz CT molecular complexity index is 1360. The van der Waals surface area contributed by atoms with Crippen LogP contribution in [0.2, 0.25) is 0 Å². The van der Waals surface area contributed by atoms with Gasteiger partial charge in [0.15, 0.2) is 17.3 Å². The topological polar surface area (TPSA) is 92.6 Å². The lowest BCUT2D eigenvalue weighted by molar-refractivity contribution is 0.0621. The Kier molecular flexibility index (Phi) is 5.38. The third kappa shape index (κ3) is 3.81. The monoisotopic (exact) mass is 483 g/mol. The first-order valence-corrected chi connectivity index (χ1v) is 12.1. The summed E-state index contributed by atoms with van der Waals surface area (Å²) < 4.78 is 25.2. The van der Waals surface area contributed by atoms with Crippen LogP contribution in [0.4, 0.5) is 0 Å². The van der Waals surface area contributed by atoms with Crippen molar-refractivity contribution in [3.8, 4) is 34.0 Å². The first-order valence-electron chi connectivity index (χ1n) is 12.1. The van der Waals surface area contributed by atoms with Gasteiger partial charge in [-0.15, -0.1) is 5.10 Å². The van der Waals surface area contributed by atoms with Crippen LogP contribution in [0.3, 0.4) is 0 Å². The maximum absolute atomic E-state index is 6.21. The Morgan fingerprint density at radius 1 is 0.806 bits per heavy atom. The van der Waals surface area contributed by atoms with E-state index in [-0.39, 0.29) is 31.1 Å². The molecule has 0 radical (unpaired) electrons. The zero-order valence-electron chi connectivity index (χ0n) is 19.5. The Balaban J connectivity index is 1.02. The Morgan fingerprint density at radius 2 is 1.58 bits per heavy atom. The van der Waals surface area contributed by atoms with E-state index in [9.17, 15) is 0 Å². The number of nitrogens with zero attached hydrogens (tertiary/aromatic N) is 4. The highest BCUT2D eigenvalue weighted by molar-refractivity contribution is 5.63. The maximum Gasteiger partial charge on any atom is 0.231 e. The minimum absolute atomic E-state index is 0.0626. The molecular weight excluding hydrogens is 458 g/mol. The predicted molar refractivity (Wildman–Crippen MR) is 130 cm³/mol. The number of aromatic nitrogens is 4. The summed E-state index contributed by atoms with van der Waals surface area (Å²) in [6.07, 6.45) is -0.188. The van der Waals surface area contributed by atoms with E-state index in [1.807, 2.05) is 28.9 Å². The van der Waals surface area contributed by atoms with Gasteiger partial charge in [-0.3, -0.25) is 0 Å². The van der Waals surface area contributed by atoms with Crippen LogP contribution < -0.4 is 14.8 Å². The zero-order chi connectivity index (χ0) is 23.9. The first kappa shape index (κ1) is 21.5. The summed E-state index contributed by atoms with van der Waals surface area (Å²) in [5.74, 6) is 2.08. The summed E-state index contributed by atoms with van der Waals surface area (Å²) >= 11 is 0. The number of nitrogens with one attached hydrogen (secondary N) is 1. The maximum atomic E-state index is 6.21. The summed E-state index contributed by atoms with van der Waals surface area (Å²) in [6, 6.07) is 24.8. The van der Waals surface area contributed by atoms with Crippen LogP contribution in [-0.4, -0.2) is 58.5 Å². The minimum atomic E-state index is -0.126. The van der Waals surface area contributed by atoms with Crippen molar-refractivity contribution in [2.45, 2.75) is 30.8 Å². The molecule has 1 N–H and O–H groups in total. The van der Waals surface area contributed by atoms with Crippen LogP contribution in [0.25, 0.3) is 22.5 Å². The van der Waals surface area contributed by atoms with Crippen molar-refractivity contribution in [1.29, 1.82) is 0 Å². The lowest BCUT2D eigenvalue weighted by Gasteiger charge is -2.18. The average Bonchev–Trinajstić information content (AvgIpc) is 3.72. The van der Waals surface area contributed by atoms with Gasteiger partial charge < -0.3 is 24.3 Å². The van der Waals surface area contributed by atoms with Gasteiger partial charge >= 0.3 is 0 Å². The molecule has 2 saturated heterocycles. The van der Waals surface area contributed by atoms with Crippen molar-refractivity contribution >= 4 is 0 Å². The molecule has 4 unspecified atom stereocenters. The van der Waals surface area contributed by atoms with Gasteiger partial charge in [-0.1, -0.05) is 54.6 Å². The molecule has 7 rings (SSSR count). The molecule has 3 aliphatic heterocycles. The molecule has 4 atom stereocenters. The molecule has 4 aromatic rings. The Morgan fingerprint density at radius 3 is 2.47 bits per heavy atom. The third-order valence-corrected chi connectivity index (χ3v) is 7.09. The quantitative estimate of drug-likeness (QED) is 0.447. The van der Waals surface area contributed by atoms with Crippen molar-refractivity contribution in [2.24, 2.45) is 0 Å². The fourth-order valence-corrected chi connectivity index (χ4v) is 5.20. The highest BCUT2D eigenvalue weighted by Crippen LogP contribution is 2.38. The van der Waals surface area contributed by atoms with Crippen molar-refractivity contribution in [3.05, 3.63) is 78.4 Å². The average molecular weight is 484 g/mol. The molecule has 9 nitrogen and oxygen atoms in total.